The molecule has 18 heavy (non-hydrogen) atoms. The number of carbonyl (C=O) groups is 1. The number of aliphatic hydroxyl groups excluding tert-OH is 2. The van der Waals surface area contributed by atoms with Crippen molar-refractivity contribution in [2.24, 2.45) is 5.73 Å². The number of hydrogen-bond donors (Lipinski definition) is 3. The largest absolute Gasteiger partial charge is 0.497 e. The minimum absolute atomic E-state index is 0.121. The van der Waals surface area contributed by atoms with Crippen LogP contribution in [0, 0.1) is 0 Å². The lowest BCUT2D eigenvalue weighted by atomic mass is 9.97. The quantitative estimate of drug-likeness (QED) is 0.669. The standard InChI is InChI=1S/C12H16ClNO4/c1-18-7-2-3-8(9(6-7)12(14)17)11(16)10(15)4-5-13/h2-3,6,10-11,15-16H,4-5H2,1H3,(H2,14,17). The third kappa shape index (κ3) is 3.35. The summed E-state index contributed by atoms with van der Waals surface area (Å²) in [5.74, 6) is -0.0343. The molecule has 1 rings (SSSR count). The Hall–Kier alpha value is -1.30. The van der Waals surface area contributed by atoms with E-state index in [4.69, 9.17) is 22.1 Å². The number of halogens is 1. The number of aliphatic hydroxyl groups is 2. The molecule has 6 heteroatoms. The molecule has 2 unspecified atom stereocenters. The van der Waals surface area contributed by atoms with Crippen molar-refractivity contribution in [3.05, 3.63) is 29.3 Å². The maximum atomic E-state index is 11.3. The molecule has 2 atom stereocenters. The van der Waals surface area contributed by atoms with Crippen molar-refractivity contribution < 1.29 is 19.7 Å². The Morgan fingerprint density at radius 1 is 1.50 bits per heavy atom. The molecule has 0 aliphatic rings. The average molecular weight is 274 g/mol. The van der Waals surface area contributed by atoms with Gasteiger partial charge in [0.25, 0.3) is 0 Å². The molecule has 5 nitrogen and oxygen atoms in total. The van der Waals surface area contributed by atoms with Crippen LogP contribution in [0.15, 0.2) is 18.2 Å². The van der Waals surface area contributed by atoms with Gasteiger partial charge in [0.2, 0.25) is 5.91 Å². The first-order chi connectivity index (χ1) is 8.51. The molecule has 0 aromatic heterocycles. The molecule has 100 valence electrons. The second-order valence-corrected chi connectivity index (χ2v) is 4.19. The summed E-state index contributed by atoms with van der Waals surface area (Å²) >= 11 is 5.50. The van der Waals surface area contributed by atoms with Gasteiger partial charge >= 0.3 is 0 Å². The highest BCUT2D eigenvalue weighted by Gasteiger charge is 2.23. The Kier molecular flexibility index (Phi) is 5.40. The molecular formula is C12H16ClNO4. The van der Waals surface area contributed by atoms with Gasteiger partial charge in [-0.05, 0) is 24.1 Å². The first-order valence-electron chi connectivity index (χ1n) is 5.41. The van der Waals surface area contributed by atoms with Gasteiger partial charge in [-0.2, -0.15) is 0 Å². The van der Waals surface area contributed by atoms with E-state index in [1.54, 1.807) is 6.07 Å². The lowest BCUT2D eigenvalue weighted by molar-refractivity contribution is 0.0165. The van der Waals surface area contributed by atoms with Crippen LogP contribution in [0.4, 0.5) is 0 Å². The fraction of sp³-hybridized carbons (Fsp3) is 0.417. The Labute approximate surface area is 110 Å². The van der Waals surface area contributed by atoms with Gasteiger partial charge in [-0.1, -0.05) is 6.07 Å². The molecule has 0 heterocycles. The maximum absolute atomic E-state index is 11.3. The molecule has 0 saturated heterocycles. The summed E-state index contributed by atoms with van der Waals surface area (Å²) in [6.45, 7) is 0. The molecule has 0 radical (unpaired) electrons. The Morgan fingerprint density at radius 3 is 2.67 bits per heavy atom. The Bertz CT molecular complexity index is 425. The van der Waals surface area contributed by atoms with E-state index in [0.29, 0.717) is 5.75 Å². The van der Waals surface area contributed by atoms with Crippen molar-refractivity contribution in [3.8, 4) is 5.75 Å². The third-order valence-electron chi connectivity index (χ3n) is 2.61. The van der Waals surface area contributed by atoms with Crippen molar-refractivity contribution in [2.75, 3.05) is 13.0 Å². The third-order valence-corrected chi connectivity index (χ3v) is 2.83. The molecule has 0 aliphatic heterocycles. The van der Waals surface area contributed by atoms with Crippen LogP contribution >= 0.6 is 11.6 Å². The number of hydrogen-bond acceptors (Lipinski definition) is 4. The van der Waals surface area contributed by atoms with Gasteiger partial charge in [0.1, 0.15) is 11.9 Å². The fourth-order valence-electron chi connectivity index (χ4n) is 1.61. The van der Waals surface area contributed by atoms with Crippen LogP contribution in [-0.2, 0) is 0 Å². The summed E-state index contributed by atoms with van der Waals surface area (Å²) in [6, 6.07) is 4.51. The van der Waals surface area contributed by atoms with Crippen molar-refractivity contribution in [3.63, 3.8) is 0 Å². The van der Waals surface area contributed by atoms with Gasteiger partial charge in [-0.25, -0.2) is 0 Å². The summed E-state index contributed by atoms with van der Waals surface area (Å²) in [6.07, 6.45) is -2.04. The topological polar surface area (TPSA) is 92.8 Å². The van der Waals surface area contributed by atoms with E-state index in [1.165, 1.54) is 19.2 Å². The summed E-state index contributed by atoms with van der Waals surface area (Å²) < 4.78 is 4.97. The lowest BCUT2D eigenvalue weighted by Crippen LogP contribution is -2.23. The molecule has 1 amide bonds. The Morgan fingerprint density at radius 2 is 2.17 bits per heavy atom. The van der Waals surface area contributed by atoms with E-state index in [-0.39, 0.29) is 23.4 Å². The normalized spacial score (nSPS) is 14.0. The van der Waals surface area contributed by atoms with Crippen LogP contribution in [0.1, 0.15) is 28.4 Å². The number of ether oxygens (including phenoxy) is 1. The van der Waals surface area contributed by atoms with Crippen molar-refractivity contribution in [1.82, 2.24) is 0 Å². The highest BCUT2D eigenvalue weighted by molar-refractivity contribution is 6.17. The van der Waals surface area contributed by atoms with E-state index in [9.17, 15) is 15.0 Å². The van der Waals surface area contributed by atoms with E-state index < -0.39 is 18.1 Å². The lowest BCUT2D eigenvalue weighted by Gasteiger charge is -2.19. The number of primary amides is 1. The number of carbonyl (C=O) groups excluding carboxylic acids is 1. The summed E-state index contributed by atoms with van der Waals surface area (Å²) in [4.78, 5) is 11.3. The van der Waals surface area contributed by atoms with Crippen LogP contribution < -0.4 is 10.5 Å². The summed E-state index contributed by atoms with van der Waals surface area (Å²) in [5.41, 5.74) is 5.62. The number of methoxy groups -OCH3 is 1. The summed E-state index contributed by atoms with van der Waals surface area (Å²) in [7, 11) is 1.46. The van der Waals surface area contributed by atoms with E-state index in [0.717, 1.165) is 0 Å². The number of nitrogens with two attached hydrogens (primary N) is 1. The van der Waals surface area contributed by atoms with Crippen molar-refractivity contribution in [2.45, 2.75) is 18.6 Å². The van der Waals surface area contributed by atoms with Gasteiger partial charge in [-0.15, -0.1) is 11.6 Å². The molecular weight excluding hydrogens is 258 g/mol. The first-order valence-corrected chi connectivity index (χ1v) is 5.94. The highest BCUT2D eigenvalue weighted by atomic mass is 35.5. The van der Waals surface area contributed by atoms with Gasteiger partial charge in [0, 0.05) is 11.4 Å². The van der Waals surface area contributed by atoms with Crippen molar-refractivity contribution in [1.29, 1.82) is 0 Å². The number of benzene rings is 1. The molecule has 0 spiro atoms. The number of rotatable bonds is 6. The molecule has 4 N–H and O–H groups in total. The minimum Gasteiger partial charge on any atom is -0.497 e. The average Bonchev–Trinajstić information content (AvgIpc) is 2.37. The van der Waals surface area contributed by atoms with E-state index in [1.807, 2.05) is 0 Å². The zero-order valence-electron chi connectivity index (χ0n) is 9.97. The molecule has 0 bridgehead atoms. The fourth-order valence-corrected chi connectivity index (χ4v) is 1.83. The second kappa shape index (κ2) is 6.58. The van der Waals surface area contributed by atoms with Gasteiger partial charge in [-0.3, -0.25) is 4.79 Å². The van der Waals surface area contributed by atoms with Crippen LogP contribution in [0.5, 0.6) is 5.75 Å². The molecule has 1 aromatic rings. The minimum atomic E-state index is -1.21. The molecule has 0 saturated carbocycles. The number of alkyl halides is 1. The van der Waals surface area contributed by atoms with Crippen LogP contribution in [0.25, 0.3) is 0 Å². The highest BCUT2D eigenvalue weighted by Crippen LogP contribution is 2.26. The SMILES string of the molecule is COc1ccc(C(O)C(O)CCCl)c(C(N)=O)c1. The van der Waals surface area contributed by atoms with E-state index in [2.05, 4.69) is 0 Å². The van der Waals surface area contributed by atoms with Crippen molar-refractivity contribution >= 4 is 17.5 Å². The monoisotopic (exact) mass is 273 g/mol. The second-order valence-electron chi connectivity index (χ2n) is 3.81. The molecule has 1 aromatic carbocycles. The smallest absolute Gasteiger partial charge is 0.249 e. The van der Waals surface area contributed by atoms with Gasteiger partial charge < -0.3 is 20.7 Å². The first kappa shape index (κ1) is 14.8. The van der Waals surface area contributed by atoms with Crippen LogP contribution in [0.3, 0.4) is 0 Å². The number of amides is 1. The summed E-state index contributed by atoms with van der Waals surface area (Å²) in [5, 5.41) is 19.6. The predicted octanol–water partition coefficient (Wildman–Crippen LogP) is 0.817. The van der Waals surface area contributed by atoms with Gasteiger partial charge in [0.05, 0.1) is 13.2 Å². The van der Waals surface area contributed by atoms with Gasteiger partial charge in [0.15, 0.2) is 0 Å². The Balaban J connectivity index is 3.10. The maximum Gasteiger partial charge on any atom is 0.249 e. The molecule has 0 fully saturated rings. The van der Waals surface area contributed by atoms with Crippen LogP contribution in [0.2, 0.25) is 0 Å². The predicted molar refractivity (Wildman–Crippen MR) is 67.8 cm³/mol. The zero-order valence-corrected chi connectivity index (χ0v) is 10.7. The molecule has 0 aliphatic carbocycles. The van der Waals surface area contributed by atoms with E-state index >= 15 is 0 Å². The zero-order chi connectivity index (χ0) is 13.7. The van der Waals surface area contributed by atoms with Crippen LogP contribution in [-0.4, -0.2) is 35.2 Å².